The minimum absolute atomic E-state index is 0.174. The van der Waals surface area contributed by atoms with Gasteiger partial charge in [-0.05, 0) is 18.8 Å². The second kappa shape index (κ2) is 5.01. The van der Waals surface area contributed by atoms with Gasteiger partial charge in [-0.15, -0.1) is 0 Å². The molecule has 2 rings (SSSR count). The van der Waals surface area contributed by atoms with Gasteiger partial charge in [-0.25, -0.2) is 4.79 Å². The molecule has 3 N–H and O–H groups in total. The topological polar surface area (TPSA) is 70.6 Å². The summed E-state index contributed by atoms with van der Waals surface area (Å²) in [5.74, 6) is 0.678. The molecular formula is C11H20N2O3. The number of rotatable bonds is 4. The molecule has 1 heterocycles. The van der Waals surface area contributed by atoms with E-state index in [1.807, 2.05) is 0 Å². The number of aliphatic hydroxyl groups is 1. The molecular weight excluding hydrogens is 208 g/mol. The van der Waals surface area contributed by atoms with Gasteiger partial charge in [0.2, 0.25) is 0 Å². The monoisotopic (exact) mass is 228 g/mol. The lowest BCUT2D eigenvalue weighted by Gasteiger charge is -2.32. The van der Waals surface area contributed by atoms with E-state index >= 15 is 0 Å². The van der Waals surface area contributed by atoms with Crippen LogP contribution in [0.1, 0.15) is 25.7 Å². The molecule has 2 fully saturated rings. The Balaban J connectivity index is 1.62. The Labute approximate surface area is 95.5 Å². The van der Waals surface area contributed by atoms with Gasteiger partial charge in [0.05, 0.1) is 5.60 Å². The van der Waals surface area contributed by atoms with Crippen LogP contribution in [0, 0.1) is 5.92 Å². The molecule has 0 bridgehead atoms. The zero-order valence-corrected chi connectivity index (χ0v) is 9.50. The van der Waals surface area contributed by atoms with Gasteiger partial charge in [-0.3, -0.25) is 0 Å². The van der Waals surface area contributed by atoms with Crippen molar-refractivity contribution in [1.29, 1.82) is 0 Å². The molecule has 0 spiro atoms. The molecule has 0 atom stereocenters. The Morgan fingerprint density at radius 3 is 2.62 bits per heavy atom. The Hall–Kier alpha value is -0.810. The minimum Gasteiger partial charge on any atom is -0.388 e. The summed E-state index contributed by atoms with van der Waals surface area (Å²) in [5, 5.41) is 15.6. The van der Waals surface area contributed by atoms with Crippen LogP contribution in [0.25, 0.3) is 0 Å². The number of hydrogen-bond acceptors (Lipinski definition) is 3. The van der Waals surface area contributed by atoms with E-state index in [2.05, 4.69) is 10.6 Å². The summed E-state index contributed by atoms with van der Waals surface area (Å²) in [4.78, 5) is 11.4. The number of nitrogens with one attached hydrogen (secondary N) is 2. The molecule has 0 radical (unpaired) electrons. The average Bonchev–Trinajstić information content (AvgIpc) is 3.09. The third-order valence-corrected chi connectivity index (χ3v) is 3.25. The van der Waals surface area contributed by atoms with E-state index in [9.17, 15) is 9.90 Å². The molecule has 2 amide bonds. The fourth-order valence-electron chi connectivity index (χ4n) is 1.79. The number of amides is 2. The van der Waals surface area contributed by atoms with Crippen molar-refractivity contribution in [2.24, 2.45) is 5.92 Å². The minimum atomic E-state index is -0.783. The lowest BCUT2D eigenvalue weighted by Crippen LogP contribution is -2.49. The van der Waals surface area contributed by atoms with E-state index < -0.39 is 5.60 Å². The lowest BCUT2D eigenvalue weighted by molar-refractivity contribution is -0.0600. The van der Waals surface area contributed by atoms with Gasteiger partial charge < -0.3 is 20.5 Å². The molecule has 0 aromatic heterocycles. The Morgan fingerprint density at radius 1 is 1.31 bits per heavy atom. The fourth-order valence-corrected chi connectivity index (χ4v) is 1.79. The number of carbonyl (C=O) groups excluding carboxylic acids is 1. The van der Waals surface area contributed by atoms with Crippen molar-refractivity contribution in [2.45, 2.75) is 31.3 Å². The Morgan fingerprint density at radius 2 is 2.00 bits per heavy atom. The van der Waals surface area contributed by atoms with E-state index in [1.165, 1.54) is 12.8 Å². The predicted molar refractivity (Wildman–Crippen MR) is 59.1 cm³/mol. The van der Waals surface area contributed by atoms with E-state index in [0.717, 1.165) is 6.54 Å². The summed E-state index contributed by atoms with van der Waals surface area (Å²) >= 11 is 0. The zero-order chi connectivity index (χ0) is 11.4. The van der Waals surface area contributed by atoms with E-state index in [-0.39, 0.29) is 6.03 Å². The molecule has 1 aliphatic carbocycles. The van der Waals surface area contributed by atoms with Crippen LogP contribution >= 0.6 is 0 Å². The van der Waals surface area contributed by atoms with Crippen LogP contribution in [0.5, 0.6) is 0 Å². The maximum absolute atomic E-state index is 11.4. The van der Waals surface area contributed by atoms with E-state index in [1.54, 1.807) is 0 Å². The molecule has 1 saturated carbocycles. The first-order valence-electron chi connectivity index (χ1n) is 6.00. The first-order valence-corrected chi connectivity index (χ1v) is 6.00. The number of hydrogen-bond donors (Lipinski definition) is 3. The van der Waals surface area contributed by atoms with Crippen molar-refractivity contribution >= 4 is 6.03 Å². The third kappa shape index (κ3) is 3.64. The summed E-state index contributed by atoms with van der Waals surface area (Å²) in [7, 11) is 0. The van der Waals surface area contributed by atoms with Crippen molar-refractivity contribution in [3.05, 3.63) is 0 Å². The molecule has 0 aromatic carbocycles. The maximum atomic E-state index is 11.4. The molecule has 1 saturated heterocycles. The van der Waals surface area contributed by atoms with Crippen LogP contribution < -0.4 is 10.6 Å². The second-order valence-electron chi connectivity index (χ2n) is 4.84. The summed E-state index contributed by atoms with van der Waals surface area (Å²) in [5.41, 5.74) is -0.783. The summed E-state index contributed by atoms with van der Waals surface area (Å²) in [6.45, 7) is 2.21. The first kappa shape index (κ1) is 11.7. The fraction of sp³-hybridized carbons (Fsp3) is 0.909. The van der Waals surface area contributed by atoms with Crippen molar-refractivity contribution in [2.75, 3.05) is 26.3 Å². The molecule has 0 aromatic rings. The van der Waals surface area contributed by atoms with Crippen LogP contribution in [-0.4, -0.2) is 43.0 Å². The number of urea groups is 1. The maximum Gasteiger partial charge on any atom is 0.314 e. The van der Waals surface area contributed by atoms with Crippen LogP contribution in [0.3, 0.4) is 0 Å². The van der Waals surface area contributed by atoms with Gasteiger partial charge >= 0.3 is 6.03 Å². The van der Waals surface area contributed by atoms with Gasteiger partial charge in [-0.2, -0.15) is 0 Å². The summed E-state index contributed by atoms with van der Waals surface area (Å²) in [6, 6.07) is -0.174. The van der Waals surface area contributed by atoms with Gasteiger partial charge in [0.1, 0.15) is 0 Å². The lowest BCUT2D eigenvalue weighted by atomic mass is 9.94. The zero-order valence-electron chi connectivity index (χ0n) is 9.50. The standard InChI is InChI=1S/C11H20N2O3/c14-10(12-7-9-1-2-9)13-8-11(15)3-5-16-6-4-11/h9,15H,1-8H2,(H2,12,13,14). The van der Waals surface area contributed by atoms with Crippen molar-refractivity contribution < 1.29 is 14.6 Å². The van der Waals surface area contributed by atoms with Crippen LogP contribution in [-0.2, 0) is 4.74 Å². The first-order chi connectivity index (χ1) is 7.68. The van der Waals surface area contributed by atoms with E-state index in [0.29, 0.717) is 38.5 Å². The van der Waals surface area contributed by atoms with Gasteiger partial charge in [0, 0.05) is 39.1 Å². The van der Waals surface area contributed by atoms with Crippen LogP contribution in [0.2, 0.25) is 0 Å². The largest absolute Gasteiger partial charge is 0.388 e. The molecule has 16 heavy (non-hydrogen) atoms. The third-order valence-electron chi connectivity index (χ3n) is 3.25. The Bertz CT molecular complexity index is 248. The highest BCUT2D eigenvalue weighted by atomic mass is 16.5. The van der Waals surface area contributed by atoms with Gasteiger partial charge in [0.15, 0.2) is 0 Å². The van der Waals surface area contributed by atoms with Crippen molar-refractivity contribution in [3.63, 3.8) is 0 Å². The van der Waals surface area contributed by atoms with Crippen molar-refractivity contribution in [1.82, 2.24) is 10.6 Å². The van der Waals surface area contributed by atoms with Gasteiger partial charge in [-0.1, -0.05) is 0 Å². The van der Waals surface area contributed by atoms with Crippen LogP contribution in [0.15, 0.2) is 0 Å². The normalized spacial score (nSPS) is 23.8. The Kier molecular flexibility index (Phi) is 3.66. The summed E-state index contributed by atoms with van der Waals surface area (Å²) < 4.78 is 5.17. The van der Waals surface area contributed by atoms with Gasteiger partial charge in [0.25, 0.3) is 0 Å². The predicted octanol–water partition coefficient (Wildman–Crippen LogP) is 0.237. The molecule has 5 nitrogen and oxygen atoms in total. The molecule has 2 aliphatic rings. The molecule has 1 aliphatic heterocycles. The highest BCUT2D eigenvalue weighted by Crippen LogP contribution is 2.27. The second-order valence-corrected chi connectivity index (χ2v) is 4.84. The number of carbonyl (C=O) groups is 1. The van der Waals surface area contributed by atoms with Crippen molar-refractivity contribution in [3.8, 4) is 0 Å². The molecule has 5 heteroatoms. The highest BCUT2D eigenvalue weighted by molar-refractivity contribution is 5.73. The average molecular weight is 228 g/mol. The smallest absolute Gasteiger partial charge is 0.314 e. The van der Waals surface area contributed by atoms with Crippen LogP contribution in [0.4, 0.5) is 4.79 Å². The highest BCUT2D eigenvalue weighted by Gasteiger charge is 2.30. The molecule has 0 unspecified atom stereocenters. The quantitative estimate of drug-likeness (QED) is 0.645. The SMILES string of the molecule is O=C(NCC1CC1)NCC1(O)CCOCC1. The number of ether oxygens (including phenoxy) is 1. The summed E-state index contributed by atoms with van der Waals surface area (Å²) in [6.07, 6.45) is 3.63. The molecule has 92 valence electrons. The van der Waals surface area contributed by atoms with E-state index in [4.69, 9.17) is 4.74 Å².